The summed E-state index contributed by atoms with van der Waals surface area (Å²) in [5.41, 5.74) is 4.95. The van der Waals surface area contributed by atoms with Crippen molar-refractivity contribution in [1.29, 1.82) is 0 Å². The maximum atomic E-state index is 11.2. The molecule has 0 aliphatic carbocycles. The van der Waals surface area contributed by atoms with Crippen LogP contribution in [0.15, 0.2) is 12.2 Å². The Bertz CT molecular complexity index is 246. The highest BCUT2D eigenvalue weighted by atomic mass is 16.4. The second kappa shape index (κ2) is 5.39. The van der Waals surface area contributed by atoms with Gasteiger partial charge in [-0.15, -0.1) is 0 Å². The molecule has 5 heteroatoms. The molecule has 0 bridgehead atoms. The van der Waals surface area contributed by atoms with Gasteiger partial charge >= 0.3 is 5.97 Å². The van der Waals surface area contributed by atoms with Crippen LogP contribution in [-0.2, 0) is 9.59 Å². The topological polar surface area (TPSA) is 92.4 Å². The second-order valence-electron chi connectivity index (χ2n) is 3.58. The molecule has 0 aliphatic heterocycles. The molecule has 0 saturated carbocycles. The Morgan fingerprint density at radius 3 is 2.50 bits per heavy atom. The molecule has 0 atom stereocenters. The Morgan fingerprint density at radius 1 is 1.50 bits per heavy atom. The number of carbonyl (C=O) groups is 2. The largest absolute Gasteiger partial charge is 0.478 e. The molecule has 0 rings (SSSR count). The van der Waals surface area contributed by atoms with Crippen LogP contribution >= 0.6 is 0 Å². The fourth-order valence-electron chi connectivity index (χ4n) is 0.746. The summed E-state index contributed by atoms with van der Waals surface area (Å²) in [6, 6.07) is 0. The number of carboxylic acid groups (broad SMARTS) is 1. The van der Waals surface area contributed by atoms with Crippen molar-refractivity contribution < 1.29 is 14.7 Å². The van der Waals surface area contributed by atoms with Gasteiger partial charge in [0.15, 0.2) is 0 Å². The first-order valence-corrected chi connectivity index (χ1v) is 4.28. The first kappa shape index (κ1) is 12.6. The van der Waals surface area contributed by atoms with Crippen molar-refractivity contribution in [2.75, 3.05) is 6.54 Å². The zero-order valence-corrected chi connectivity index (χ0v) is 8.41. The number of hydrogen-bond donors (Lipinski definition) is 3. The minimum atomic E-state index is -1.06. The lowest BCUT2D eigenvalue weighted by atomic mass is 10.1. The van der Waals surface area contributed by atoms with Crippen molar-refractivity contribution >= 4 is 11.9 Å². The summed E-state index contributed by atoms with van der Waals surface area (Å²) in [7, 11) is 0. The summed E-state index contributed by atoms with van der Waals surface area (Å²) in [5.74, 6) is -1.30. The monoisotopic (exact) mass is 200 g/mol. The van der Waals surface area contributed by atoms with Crippen LogP contribution in [0.3, 0.4) is 0 Å². The Labute approximate surface area is 83.0 Å². The molecule has 0 aromatic rings. The standard InChI is InChI=1S/C9H16N2O3/c1-9(2,6-10)11-7(12)4-3-5-8(13)14/h3,5H,4,6,10H2,1-2H3,(H,11,12)(H,13,14). The van der Waals surface area contributed by atoms with E-state index in [0.717, 1.165) is 6.08 Å². The van der Waals surface area contributed by atoms with Gasteiger partial charge in [0, 0.05) is 24.6 Å². The minimum absolute atomic E-state index is 0.0513. The van der Waals surface area contributed by atoms with Crippen LogP contribution in [0.4, 0.5) is 0 Å². The smallest absolute Gasteiger partial charge is 0.327 e. The molecule has 0 saturated heterocycles. The van der Waals surface area contributed by atoms with Gasteiger partial charge in [-0.2, -0.15) is 0 Å². The summed E-state index contributed by atoms with van der Waals surface area (Å²) >= 11 is 0. The molecule has 0 aromatic heterocycles. The molecule has 0 heterocycles. The molecule has 14 heavy (non-hydrogen) atoms. The summed E-state index contributed by atoms with van der Waals surface area (Å²) in [6.45, 7) is 3.93. The Balaban J connectivity index is 3.94. The Hall–Kier alpha value is -1.36. The number of rotatable bonds is 5. The number of hydrogen-bond acceptors (Lipinski definition) is 3. The van der Waals surface area contributed by atoms with Gasteiger partial charge in [0.2, 0.25) is 5.91 Å². The number of carboxylic acids is 1. The molecule has 0 aliphatic rings. The lowest BCUT2D eigenvalue weighted by Crippen LogP contribution is -2.48. The van der Waals surface area contributed by atoms with Gasteiger partial charge < -0.3 is 16.2 Å². The quantitative estimate of drug-likeness (QED) is 0.539. The fraction of sp³-hybridized carbons (Fsp3) is 0.556. The average molecular weight is 200 g/mol. The third-order valence-electron chi connectivity index (χ3n) is 1.55. The maximum Gasteiger partial charge on any atom is 0.327 e. The van der Waals surface area contributed by atoms with Crippen LogP contribution in [0.5, 0.6) is 0 Å². The highest BCUT2D eigenvalue weighted by Crippen LogP contribution is 1.99. The van der Waals surface area contributed by atoms with Gasteiger partial charge in [-0.25, -0.2) is 4.79 Å². The third kappa shape index (κ3) is 6.19. The Kier molecular flexibility index (Phi) is 4.86. The van der Waals surface area contributed by atoms with Crippen LogP contribution in [0.1, 0.15) is 20.3 Å². The van der Waals surface area contributed by atoms with E-state index in [0.29, 0.717) is 6.54 Å². The van der Waals surface area contributed by atoms with E-state index in [2.05, 4.69) is 5.32 Å². The van der Waals surface area contributed by atoms with Crippen LogP contribution in [0.25, 0.3) is 0 Å². The SMILES string of the molecule is CC(C)(CN)NC(=O)CC=CC(=O)O. The fourth-order valence-corrected chi connectivity index (χ4v) is 0.746. The van der Waals surface area contributed by atoms with Gasteiger partial charge in [-0.05, 0) is 13.8 Å². The van der Waals surface area contributed by atoms with E-state index in [4.69, 9.17) is 10.8 Å². The first-order chi connectivity index (χ1) is 6.37. The van der Waals surface area contributed by atoms with Gasteiger partial charge in [-0.1, -0.05) is 6.08 Å². The molecule has 0 spiro atoms. The molecular weight excluding hydrogens is 184 g/mol. The third-order valence-corrected chi connectivity index (χ3v) is 1.55. The first-order valence-electron chi connectivity index (χ1n) is 4.28. The summed E-state index contributed by atoms with van der Waals surface area (Å²) < 4.78 is 0. The number of aliphatic carboxylic acids is 1. The summed E-state index contributed by atoms with van der Waals surface area (Å²) in [6.07, 6.45) is 2.29. The van der Waals surface area contributed by atoms with E-state index in [1.54, 1.807) is 13.8 Å². The van der Waals surface area contributed by atoms with Crippen LogP contribution in [-0.4, -0.2) is 29.1 Å². The highest BCUT2D eigenvalue weighted by molar-refractivity contribution is 5.83. The molecule has 4 N–H and O–H groups in total. The second-order valence-corrected chi connectivity index (χ2v) is 3.58. The van der Waals surface area contributed by atoms with Crippen molar-refractivity contribution in [1.82, 2.24) is 5.32 Å². The molecule has 5 nitrogen and oxygen atoms in total. The van der Waals surface area contributed by atoms with E-state index in [1.807, 2.05) is 0 Å². The van der Waals surface area contributed by atoms with Crippen molar-refractivity contribution in [2.24, 2.45) is 5.73 Å². The molecule has 80 valence electrons. The van der Waals surface area contributed by atoms with Gasteiger partial charge in [0.05, 0.1) is 0 Å². The normalized spacial score (nSPS) is 11.6. The maximum absolute atomic E-state index is 11.2. The van der Waals surface area contributed by atoms with Crippen LogP contribution in [0, 0.1) is 0 Å². The number of nitrogens with two attached hydrogens (primary N) is 1. The molecule has 0 aromatic carbocycles. The zero-order chi connectivity index (χ0) is 11.2. The molecule has 0 fully saturated rings. The summed E-state index contributed by atoms with van der Waals surface area (Å²) in [4.78, 5) is 21.3. The van der Waals surface area contributed by atoms with Crippen LogP contribution in [0.2, 0.25) is 0 Å². The Morgan fingerprint density at radius 2 is 2.07 bits per heavy atom. The van der Waals surface area contributed by atoms with E-state index in [9.17, 15) is 9.59 Å². The number of amides is 1. The molecule has 1 amide bonds. The summed E-state index contributed by atoms with van der Waals surface area (Å²) in [5, 5.41) is 10.9. The average Bonchev–Trinajstić information content (AvgIpc) is 2.02. The van der Waals surface area contributed by atoms with E-state index in [1.165, 1.54) is 6.08 Å². The highest BCUT2D eigenvalue weighted by Gasteiger charge is 2.16. The predicted octanol–water partition coefficient (Wildman–Crippen LogP) is -0.129. The van der Waals surface area contributed by atoms with E-state index < -0.39 is 11.5 Å². The van der Waals surface area contributed by atoms with Gasteiger partial charge in [0.25, 0.3) is 0 Å². The van der Waals surface area contributed by atoms with Gasteiger partial charge in [-0.3, -0.25) is 4.79 Å². The predicted molar refractivity (Wildman–Crippen MR) is 52.7 cm³/mol. The molecule has 0 unspecified atom stereocenters. The van der Waals surface area contributed by atoms with Crippen molar-refractivity contribution in [3.63, 3.8) is 0 Å². The van der Waals surface area contributed by atoms with E-state index in [-0.39, 0.29) is 12.3 Å². The molecular formula is C9H16N2O3. The van der Waals surface area contributed by atoms with E-state index >= 15 is 0 Å². The van der Waals surface area contributed by atoms with Crippen molar-refractivity contribution in [2.45, 2.75) is 25.8 Å². The number of carbonyl (C=O) groups excluding carboxylic acids is 1. The lowest BCUT2D eigenvalue weighted by molar-refractivity contribution is -0.131. The zero-order valence-electron chi connectivity index (χ0n) is 8.41. The van der Waals surface area contributed by atoms with Crippen molar-refractivity contribution in [3.8, 4) is 0 Å². The van der Waals surface area contributed by atoms with Crippen molar-refractivity contribution in [3.05, 3.63) is 12.2 Å². The number of nitrogens with one attached hydrogen (secondary N) is 1. The van der Waals surface area contributed by atoms with Gasteiger partial charge in [0.1, 0.15) is 0 Å². The minimum Gasteiger partial charge on any atom is -0.478 e. The lowest BCUT2D eigenvalue weighted by Gasteiger charge is -2.23. The molecule has 0 radical (unpaired) electrons. The van der Waals surface area contributed by atoms with Crippen LogP contribution < -0.4 is 11.1 Å².